The molecule has 99 valence electrons. The molecule has 0 aliphatic rings. The third kappa shape index (κ3) is 2.86. The van der Waals surface area contributed by atoms with Crippen LogP contribution in [0.3, 0.4) is 0 Å². The van der Waals surface area contributed by atoms with Crippen molar-refractivity contribution < 1.29 is 4.39 Å². The topological polar surface area (TPSA) is 0 Å². The van der Waals surface area contributed by atoms with Gasteiger partial charge in [-0.05, 0) is 52.3 Å². The van der Waals surface area contributed by atoms with E-state index in [0.717, 1.165) is 5.56 Å². The van der Waals surface area contributed by atoms with Gasteiger partial charge in [0.05, 0.1) is 0 Å². The number of halogens is 1. The summed E-state index contributed by atoms with van der Waals surface area (Å²) in [5.74, 6) is 0.680. The molecular weight excluding hydrogens is 235 g/mol. The van der Waals surface area contributed by atoms with Gasteiger partial charge in [-0.15, -0.1) is 0 Å². The molecule has 0 N–H and O–H groups in total. The van der Waals surface area contributed by atoms with Gasteiger partial charge < -0.3 is 0 Å². The third-order valence-electron chi connectivity index (χ3n) is 3.40. The van der Waals surface area contributed by atoms with Crippen molar-refractivity contribution >= 4 is 0 Å². The van der Waals surface area contributed by atoms with E-state index in [1.165, 1.54) is 28.8 Å². The molecule has 0 saturated carbocycles. The van der Waals surface area contributed by atoms with E-state index < -0.39 is 0 Å². The first-order chi connectivity index (χ1) is 9.00. The Kier molecular flexibility index (Phi) is 4.04. The minimum atomic E-state index is -0.241. The normalized spacial score (nSPS) is 11.3. The van der Waals surface area contributed by atoms with Crippen LogP contribution in [-0.4, -0.2) is 0 Å². The van der Waals surface area contributed by atoms with Crippen LogP contribution >= 0.6 is 0 Å². The summed E-state index contributed by atoms with van der Waals surface area (Å²) in [7, 11) is 0. The van der Waals surface area contributed by atoms with Crippen LogP contribution in [0.4, 0.5) is 4.39 Å². The summed E-state index contributed by atoms with van der Waals surface area (Å²) in [6.07, 6.45) is 0. The lowest BCUT2D eigenvalue weighted by atomic mass is 9.84. The van der Waals surface area contributed by atoms with Crippen molar-refractivity contribution in [2.45, 2.75) is 39.5 Å². The van der Waals surface area contributed by atoms with E-state index in [2.05, 4.69) is 52.0 Å². The number of hydrogen-bond donors (Lipinski definition) is 0. The second kappa shape index (κ2) is 5.56. The van der Waals surface area contributed by atoms with Crippen molar-refractivity contribution in [1.82, 2.24) is 0 Å². The van der Waals surface area contributed by atoms with Gasteiger partial charge in [0, 0.05) is 0 Å². The van der Waals surface area contributed by atoms with E-state index in [1.807, 2.05) is 0 Å². The molecule has 0 saturated heterocycles. The van der Waals surface area contributed by atoms with Crippen molar-refractivity contribution in [3.63, 3.8) is 0 Å². The summed E-state index contributed by atoms with van der Waals surface area (Å²) in [5, 5.41) is 0. The van der Waals surface area contributed by atoms with Gasteiger partial charge in [-0.2, -0.15) is 0 Å². The zero-order valence-corrected chi connectivity index (χ0v) is 12.0. The smallest absolute Gasteiger partial charge is 0.123 e. The molecule has 0 bridgehead atoms. The van der Waals surface area contributed by atoms with Gasteiger partial charge in [-0.25, -0.2) is 4.39 Å². The van der Waals surface area contributed by atoms with Crippen molar-refractivity contribution in [2.24, 2.45) is 0 Å². The quantitative estimate of drug-likeness (QED) is 0.675. The lowest BCUT2D eigenvalue weighted by Gasteiger charge is -2.20. The summed E-state index contributed by atoms with van der Waals surface area (Å²) in [4.78, 5) is 0. The number of benzene rings is 2. The van der Waals surface area contributed by atoms with Gasteiger partial charge in [0.15, 0.2) is 0 Å². The van der Waals surface area contributed by atoms with E-state index in [-0.39, 0.29) is 5.82 Å². The molecule has 2 aromatic carbocycles. The molecule has 0 atom stereocenters. The van der Waals surface area contributed by atoms with E-state index in [1.54, 1.807) is 6.07 Å². The summed E-state index contributed by atoms with van der Waals surface area (Å²) >= 11 is 0. The minimum absolute atomic E-state index is 0.241. The number of rotatable bonds is 3. The molecule has 19 heavy (non-hydrogen) atoms. The standard InChI is InChI=1S/C18H20F/c1-12(2)16-6-5-7-17(18(16)13(3)4)14-8-10-15(19)11-9-14/h5-8,10-13H,1-4H3. The van der Waals surface area contributed by atoms with Gasteiger partial charge in [-0.3, -0.25) is 0 Å². The first-order valence-corrected chi connectivity index (χ1v) is 6.81. The average Bonchev–Trinajstić information content (AvgIpc) is 2.38. The van der Waals surface area contributed by atoms with Crippen LogP contribution in [0.15, 0.2) is 36.4 Å². The highest BCUT2D eigenvalue weighted by molar-refractivity contribution is 5.69. The Bertz CT molecular complexity index is 550. The highest BCUT2D eigenvalue weighted by Crippen LogP contribution is 2.35. The SMILES string of the molecule is CC(C)c1cccc(-c2[c]cc(F)cc2)c1C(C)C. The molecule has 0 aliphatic heterocycles. The fraction of sp³-hybridized carbons (Fsp3) is 0.333. The molecule has 1 heteroatoms. The van der Waals surface area contributed by atoms with Crippen LogP contribution in [0, 0.1) is 11.9 Å². The third-order valence-corrected chi connectivity index (χ3v) is 3.40. The van der Waals surface area contributed by atoms with Gasteiger partial charge in [-0.1, -0.05) is 52.0 Å². The molecule has 0 nitrogen and oxygen atoms in total. The van der Waals surface area contributed by atoms with Crippen LogP contribution < -0.4 is 0 Å². The predicted molar refractivity (Wildman–Crippen MR) is 78.9 cm³/mol. The molecular formula is C18H20F. The summed E-state index contributed by atoms with van der Waals surface area (Å²) in [6, 6.07) is 14.1. The van der Waals surface area contributed by atoms with Crippen LogP contribution in [-0.2, 0) is 0 Å². The first kappa shape index (κ1) is 13.8. The van der Waals surface area contributed by atoms with Gasteiger partial charge in [0.2, 0.25) is 0 Å². The Morgan fingerprint density at radius 1 is 0.947 bits per heavy atom. The lowest BCUT2D eigenvalue weighted by Crippen LogP contribution is -2.01. The molecule has 2 rings (SSSR count). The first-order valence-electron chi connectivity index (χ1n) is 6.81. The Labute approximate surface area is 115 Å². The Balaban J connectivity index is 2.62. The molecule has 0 fully saturated rings. The Morgan fingerprint density at radius 3 is 2.21 bits per heavy atom. The summed E-state index contributed by atoms with van der Waals surface area (Å²) in [6.45, 7) is 8.82. The van der Waals surface area contributed by atoms with Crippen LogP contribution in [0.25, 0.3) is 11.1 Å². The largest absolute Gasteiger partial charge is 0.207 e. The monoisotopic (exact) mass is 255 g/mol. The average molecular weight is 255 g/mol. The van der Waals surface area contributed by atoms with Crippen molar-refractivity contribution in [3.05, 3.63) is 59.4 Å². The maximum Gasteiger partial charge on any atom is 0.123 e. The predicted octanol–water partition coefficient (Wildman–Crippen LogP) is 5.54. The second-order valence-corrected chi connectivity index (χ2v) is 5.54. The van der Waals surface area contributed by atoms with E-state index in [0.29, 0.717) is 11.8 Å². The van der Waals surface area contributed by atoms with Crippen LogP contribution in [0.5, 0.6) is 0 Å². The maximum absolute atomic E-state index is 13.0. The fourth-order valence-corrected chi connectivity index (χ4v) is 2.54. The highest BCUT2D eigenvalue weighted by atomic mass is 19.1. The minimum Gasteiger partial charge on any atom is -0.207 e. The Morgan fingerprint density at radius 2 is 1.68 bits per heavy atom. The molecule has 0 heterocycles. The van der Waals surface area contributed by atoms with E-state index in [4.69, 9.17) is 0 Å². The van der Waals surface area contributed by atoms with E-state index >= 15 is 0 Å². The fourth-order valence-electron chi connectivity index (χ4n) is 2.54. The molecule has 0 unspecified atom stereocenters. The second-order valence-electron chi connectivity index (χ2n) is 5.54. The van der Waals surface area contributed by atoms with Crippen molar-refractivity contribution in [2.75, 3.05) is 0 Å². The van der Waals surface area contributed by atoms with Gasteiger partial charge in [0.25, 0.3) is 0 Å². The van der Waals surface area contributed by atoms with Gasteiger partial charge in [0.1, 0.15) is 5.82 Å². The molecule has 0 amide bonds. The van der Waals surface area contributed by atoms with Crippen LogP contribution in [0.2, 0.25) is 0 Å². The molecule has 0 aliphatic carbocycles. The number of hydrogen-bond acceptors (Lipinski definition) is 0. The lowest BCUT2D eigenvalue weighted by molar-refractivity contribution is 0.627. The van der Waals surface area contributed by atoms with Crippen molar-refractivity contribution in [1.29, 1.82) is 0 Å². The van der Waals surface area contributed by atoms with E-state index in [9.17, 15) is 4.39 Å². The molecule has 2 aromatic rings. The zero-order valence-electron chi connectivity index (χ0n) is 12.0. The van der Waals surface area contributed by atoms with Gasteiger partial charge >= 0.3 is 0 Å². The zero-order chi connectivity index (χ0) is 14.0. The molecule has 0 aromatic heterocycles. The van der Waals surface area contributed by atoms with Crippen molar-refractivity contribution in [3.8, 4) is 11.1 Å². The molecule has 1 radical (unpaired) electrons. The summed E-state index contributed by atoms with van der Waals surface area (Å²) in [5.41, 5.74) is 4.85. The Hall–Kier alpha value is -1.63. The summed E-state index contributed by atoms with van der Waals surface area (Å²) < 4.78 is 13.0. The maximum atomic E-state index is 13.0. The highest BCUT2D eigenvalue weighted by Gasteiger charge is 2.15. The molecule has 0 spiro atoms. The van der Waals surface area contributed by atoms with Crippen LogP contribution in [0.1, 0.15) is 50.7 Å².